The van der Waals surface area contributed by atoms with Gasteiger partial charge in [0.25, 0.3) is 0 Å². The van der Waals surface area contributed by atoms with Crippen molar-refractivity contribution in [2.45, 2.75) is 36.5 Å². The molecule has 1 heterocycles. The van der Waals surface area contributed by atoms with Gasteiger partial charge in [-0.1, -0.05) is 49.5 Å². The Bertz CT molecular complexity index is 529. The molecule has 0 bridgehead atoms. The van der Waals surface area contributed by atoms with Crippen LogP contribution in [0.2, 0.25) is 0 Å². The topological polar surface area (TPSA) is 17.1 Å². The summed E-state index contributed by atoms with van der Waals surface area (Å²) in [6.07, 6.45) is 1.67. The third-order valence-corrected chi connectivity index (χ3v) is 6.33. The van der Waals surface area contributed by atoms with Gasteiger partial charge in [-0.2, -0.15) is 0 Å². The van der Waals surface area contributed by atoms with Crippen LogP contribution in [0.5, 0.6) is 0 Å². The molecule has 1 aliphatic heterocycles. The Morgan fingerprint density at radius 3 is 2.47 bits per heavy atom. The van der Waals surface area contributed by atoms with E-state index in [-0.39, 0.29) is 5.41 Å². The SMILES string of the molecule is CC1(C)CCC(=O)C2=C1Sc1ccccc1S2. The molecule has 1 aromatic carbocycles. The van der Waals surface area contributed by atoms with Crippen LogP contribution in [0.25, 0.3) is 0 Å². The van der Waals surface area contributed by atoms with Crippen molar-refractivity contribution in [3.8, 4) is 0 Å². The minimum Gasteiger partial charge on any atom is -0.294 e. The lowest BCUT2D eigenvalue weighted by Crippen LogP contribution is -2.24. The lowest BCUT2D eigenvalue weighted by Gasteiger charge is -2.36. The van der Waals surface area contributed by atoms with Crippen LogP contribution in [-0.2, 0) is 4.79 Å². The monoisotopic (exact) mass is 262 g/mol. The van der Waals surface area contributed by atoms with Crippen molar-refractivity contribution in [2.75, 3.05) is 0 Å². The van der Waals surface area contributed by atoms with Crippen LogP contribution < -0.4 is 0 Å². The Balaban J connectivity index is 2.11. The average molecular weight is 262 g/mol. The number of carbonyl (C=O) groups is 1. The van der Waals surface area contributed by atoms with Gasteiger partial charge in [0.2, 0.25) is 0 Å². The molecule has 0 atom stereocenters. The number of thioether (sulfide) groups is 2. The Kier molecular flexibility index (Phi) is 2.64. The number of allylic oxidation sites excluding steroid dienone is 2. The van der Waals surface area contributed by atoms with Gasteiger partial charge >= 0.3 is 0 Å². The van der Waals surface area contributed by atoms with Gasteiger partial charge in [0.1, 0.15) is 0 Å². The van der Waals surface area contributed by atoms with Crippen LogP contribution in [0.1, 0.15) is 26.7 Å². The van der Waals surface area contributed by atoms with Crippen LogP contribution >= 0.6 is 23.5 Å². The van der Waals surface area contributed by atoms with Crippen LogP contribution in [0, 0.1) is 5.41 Å². The summed E-state index contributed by atoms with van der Waals surface area (Å²) in [6, 6.07) is 8.35. The van der Waals surface area contributed by atoms with Crippen molar-refractivity contribution >= 4 is 29.3 Å². The zero-order valence-corrected chi connectivity index (χ0v) is 11.6. The molecule has 0 fully saturated rings. The zero-order valence-electron chi connectivity index (χ0n) is 9.95. The second kappa shape index (κ2) is 3.92. The van der Waals surface area contributed by atoms with E-state index in [9.17, 15) is 4.79 Å². The predicted octanol–water partition coefficient (Wildman–Crippen LogP) is 4.49. The third kappa shape index (κ3) is 1.85. The van der Waals surface area contributed by atoms with Crippen molar-refractivity contribution < 1.29 is 4.79 Å². The van der Waals surface area contributed by atoms with E-state index in [1.807, 2.05) is 6.07 Å². The summed E-state index contributed by atoms with van der Waals surface area (Å²) in [5.41, 5.74) is 0.147. The third-order valence-electron chi connectivity index (χ3n) is 3.32. The number of ketones is 1. The van der Waals surface area contributed by atoms with Crippen molar-refractivity contribution in [1.82, 2.24) is 0 Å². The maximum Gasteiger partial charge on any atom is 0.170 e. The van der Waals surface area contributed by atoms with Gasteiger partial charge in [-0.25, -0.2) is 0 Å². The molecule has 17 heavy (non-hydrogen) atoms. The van der Waals surface area contributed by atoms with E-state index in [0.717, 1.165) is 11.3 Å². The van der Waals surface area contributed by atoms with E-state index < -0.39 is 0 Å². The second-order valence-electron chi connectivity index (χ2n) is 5.12. The first-order valence-electron chi connectivity index (χ1n) is 5.81. The standard InChI is InChI=1S/C14H14OS2/c1-14(2)8-7-9(15)12-13(14)17-11-6-4-3-5-10(11)16-12/h3-6H,7-8H2,1-2H3. The van der Waals surface area contributed by atoms with E-state index >= 15 is 0 Å². The summed E-state index contributed by atoms with van der Waals surface area (Å²) < 4.78 is 0. The number of carbonyl (C=O) groups excluding carboxylic acids is 1. The van der Waals surface area contributed by atoms with Gasteiger partial charge in [-0.3, -0.25) is 4.79 Å². The van der Waals surface area contributed by atoms with Gasteiger partial charge in [-0.15, -0.1) is 0 Å². The fourth-order valence-electron chi connectivity index (χ4n) is 2.21. The lowest BCUT2D eigenvalue weighted by molar-refractivity contribution is -0.115. The molecule has 0 aromatic heterocycles. The quantitative estimate of drug-likeness (QED) is 0.686. The smallest absolute Gasteiger partial charge is 0.170 e. The first-order valence-corrected chi connectivity index (χ1v) is 7.44. The molecule has 1 aliphatic carbocycles. The molecule has 0 N–H and O–H groups in total. The van der Waals surface area contributed by atoms with Crippen molar-refractivity contribution in [3.63, 3.8) is 0 Å². The molecule has 0 amide bonds. The van der Waals surface area contributed by atoms with E-state index in [0.29, 0.717) is 12.2 Å². The molecule has 88 valence electrons. The summed E-state index contributed by atoms with van der Waals surface area (Å²) in [5, 5.41) is 0. The van der Waals surface area contributed by atoms with Crippen molar-refractivity contribution in [2.24, 2.45) is 5.41 Å². The first kappa shape index (κ1) is 11.4. The highest BCUT2D eigenvalue weighted by molar-refractivity contribution is 8.10. The normalized spacial score (nSPS) is 22.1. The first-order chi connectivity index (χ1) is 8.08. The number of benzene rings is 1. The molecule has 0 spiro atoms. The fourth-order valence-corrected chi connectivity index (χ4v) is 4.95. The van der Waals surface area contributed by atoms with Crippen LogP contribution in [0.3, 0.4) is 0 Å². The molecule has 0 unspecified atom stereocenters. The van der Waals surface area contributed by atoms with E-state index in [1.165, 1.54) is 14.7 Å². The minimum absolute atomic E-state index is 0.147. The van der Waals surface area contributed by atoms with Gasteiger partial charge < -0.3 is 0 Å². The molecule has 1 aromatic rings. The Labute approximate surface area is 110 Å². The van der Waals surface area contributed by atoms with Gasteiger partial charge in [0, 0.05) is 21.1 Å². The molecule has 3 rings (SSSR count). The number of hydrogen-bond acceptors (Lipinski definition) is 3. The van der Waals surface area contributed by atoms with E-state index in [1.54, 1.807) is 23.5 Å². The largest absolute Gasteiger partial charge is 0.294 e. The van der Waals surface area contributed by atoms with Crippen LogP contribution in [0.15, 0.2) is 43.9 Å². The average Bonchev–Trinajstić information content (AvgIpc) is 2.33. The van der Waals surface area contributed by atoms with E-state index in [4.69, 9.17) is 0 Å². The lowest BCUT2D eigenvalue weighted by atomic mass is 9.82. The van der Waals surface area contributed by atoms with Crippen molar-refractivity contribution in [1.29, 1.82) is 0 Å². The highest BCUT2D eigenvalue weighted by Crippen LogP contribution is 2.56. The Morgan fingerprint density at radius 2 is 1.76 bits per heavy atom. The minimum atomic E-state index is 0.147. The molecule has 0 saturated heterocycles. The summed E-state index contributed by atoms with van der Waals surface area (Å²) >= 11 is 3.45. The summed E-state index contributed by atoms with van der Waals surface area (Å²) in [6.45, 7) is 4.49. The number of fused-ring (bicyclic) bond motifs is 1. The summed E-state index contributed by atoms with van der Waals surface area (Å²) in [7, 11) is 0. The van der Waals surface area contributed by atoms with Crippen LogP contribution in [-0.4, -0.2) is 5.78 Å². The van der Waals surface area contributed by atoms with Gasteiger partial charge in [0.15, 0.2) is 5.78 Å². The number of rotatable bonds is 0. The zero-order chi connectivity index (χ0) is 12.0. The van der Waals surface area contributed by atoms with Gasteiger partial charge in [0.05, 0.1) is 4.91 Å². The maximum atomic E-state index is 12.0. The molecule has 3 heteroatoms. The van der Waals surface area contributed by atoms with Gasteiger partial charge in [-0.05, 0) is 24.0 Å². The number of Topliss-reactive ketones (excluding diaryl/α,β-unsaturated/α-hetero) is 1. The molecule has 2 aliphatic rings. The fraction of sp³-hybridized carbons (Fsp3) is 0.357. The number of hydrogen-bond donors (Lipinski definition) is 0. The second-order valence-corrected chi connectivity index (χ2v) is 7.22. The Hall–Kier alpha value is -0.670. The molecule has 0 radical (unpaired) electrons. The van der Waals surface area contributed by atoms with Crippen molar-refractivity contribution in [3.05, 3.63) is 34.1 Å². The van der Waals surface area contributed by atoms with E-state index in [2.05, 4.69) is 32.0 Å². The maximum absolute atomic E-state index is 12.0. The van der Waals surface area contributed by atoms with Crippen LogP contribution in [0.4, 0.5) is 0 Å². The molecular weight excluding hydrogens is 248 g/mol. The summed E-state index contributed by atoms with van der Waals surface area (Å²) in [4.78, 5) is 16.8. The molecule has 0 saturated carbocycles. The Morgan fingerprint density at radius 1 is 1.12 bits per heavy atom. The predicted molar refractivity (Wildman–Crippen MR) is 73.2 cm³/mol. The highest BCUT2D eigenvalue weighted by Gasteiger charge is 2.37. The summed E-state index contributed by atoms with van der Waals surface area (Å²) in [5.74, 6) is 0.325. The molecule has 1 nitrogen and oxygen atoms in total. The molecular formula is C14H14OS2. The highest BCUT2D eigenvalue weighted by atomic mass is 32.2.